The Labute approximate surface area is 89.5 Å². The summed E-state index contributed by atoms with van der Waals surface area (Å²) in [5.41, 5.74) is 3.50. The smallest absolute Gasteiger partial charge is 0.212 e. The van der Waals surface area contributed by atoms with Crippen molar-refractivity contribution in [2.45, 2.75) is 0 Å². The van der Waals surface area contributed by atoms with E-state index in [9.17, 15) is 0 Å². The maximum Gasteiger partial charge on any atom is 0.212 e. The van der Waals surface area contributed by atoms with Gasteiger partial charge in [-0.3, -0.25) is 10.4 Å². The van der Waals surface area contributed by atoms with E-state index in [-0.39, 0.29) is 0 Å². The van der Waals surface area contributed by atoms with Gasteiger partial charge in [0.2, 0.25) is 5.96 Å². The number of guanidine groups is 1. The highest BCUT2D eigenvalue weighted by atomic mass is 16.5. The molecule has 0 saturated heterocycles. The number of nitrogens with two attached hydrogens (primary N) is 1. The average molecular weight is 208 g/mol. The van der Waals surface area contributed by atoms with E-state index in [1.54, 1.807) is 14.2 Å². The van der Waals surface area contributed by atoms with Gasteiger partial charge in [-0.15, -0.1) is 0 Å². The molecule has 82 valence electrons. The third kappa shape index (κ3) is 2.60. The lowest BCUT2D eigenvalue weighted by Crippen LogP contribution is -2.42. The first-order valence-corrected chi connectivity index (χ1v) is 4.54. The molecule has 0 aliphatic rings. The van der Waals surface area contributed by atoms with Crippen LogP contribution in [0.1, 0.15) is 0 Å². The number of hydrogen-bond donors (Lipinski definition) is 2. The Morgan fingerprint density at radius 1 is 1.40 bits per heavy atom. The second-order valence-electron chi connectivity index (χ2n) is 2.95. The number of hydrazine groups is 1. The van der Waals surface area contributed by atoms with Crippen LogP contribution in [0.2, 0.25) is 0 Å². The summed E-state index contributed by atoms with van der Waals surface area (Å²) in [6.07, 6.45) is 0. The molecule has 3 N–H and O–H groups in total. The third-order valence-corrected chi connectivity index (χ3v) is 2.12. The number of ether oxygens (including phenoxy) is 1. The van der Waals surface area contributed by atoms with Crippen molar-refractivity contribution in [3.8, 4) is 5.75 Å². The van der Waals surface area contributed by atoms with Crippen LogP contribution in [0.25, 0.3) is 0 Å². The highest BCUT2D eigenvalue weighted by Crippen LogP contribution is 2.17. The van der Waals surface area contributed by atoms with Crippen LogP contribution in [0, 0.1) is 0 Å². The number of nitrogens with one attached hydrogen (secondary N) is 1. The number of methoxy groups -OCH3 is 1. The van der Waals surface area contributed by atoms with E-state index in [1.807, 2.05) is 36.2 Å². The maximum atomic E-state index is 5.33. The minimum atomic E-state index is 0.597. The number of rotatable bonds is 2. The van der Waals surface area contributed by atoms with E-state index < -0.39 is 0 Å². The van der Waals surface area contributed by atoms with Gasteiger partial charge in [-0.05, 0) is 24.3 Å². The molecule has 0 heterocycles. The minimum Gasteiger partial charge on any atom is -0.497 e. The molecular weight excluding hydrogens is 192 g/mol. The lowest BCUT2D eigenvalue weighted by atomic mass is 10.3. The quantitative estimate of drug-likeness (QED) is 0.323. The molecule has 0 saturated carbocycles. The fourth-order valence-electron chi connectivity index (χ4n) is 1.24. The van der Waals surface area contributed by atoms with Crippen molar-refractivity contribution >= 4 is 11.6 Å². The predicted octanol–water partition coefficient (Wildman–Crippen LogP) is 0.580. The molecule has 0 bridgehead atoms. The number of nitrogens with zero attached hydrogens (tertiary/aromatic N) is 2. The summed E-state index contributed by atoms with van der Waals surface area (Å²) >= 11 is 0. The highest BCUT2D eigenvalue weighted by molar-refractivity contribution is 5.95. The first kappa shape index (κ1) is 11.3. The summed E-state index contributed by atoms with van der Waals surface area (Å²) in [6.45, 7) is 0. The summed E-state index contributed by atoms with van der Waals surface area (Å²) in [4.78, 5) is 5.85. The van der Waals surface area contributed by atoms with Gasteiger partial charge in [0.15, 0.2) is 0 Å². The summed E-state index contributed by atoms with van der Waals surface area (Å²) in [7, 11) is 5.19. The standard InChI is InChI=1S/C10H16N4O/c1-12-10(13-11)14(2)8-4-6-9(15-3)7-5-8/h4-7H,11H2,1-3H3,(H,12,13). The number of benzene rings is 1. The lowest BCUT2D eigenvalue weighted by Gasteiger charge is -2.20. The largest absolute Gasteiger partial charge is 0.497 e. The molecule has 5 nitrogen and oxygen atoms in total. The monoisotopic (exact) mass is 208 g/mol. The molecule has 1 aromatic carbocycles. The van der Waals surface area contributed by atoms with Crippen molar-refractivity contribution in [2.75, 3.05) is 26.1 Å². The van der Waals surface area contributed by atoms with E-state index >= 15 is 0 Å². The Morgan fingerprint density at radius 2 is 2.00 bits per heavy atom. The molecule has 0 unspecified atom stereocenters. The highest BCUT2D eigenvalue weighted by Gasteiger charge is 2.05. The van der Waals surface area contributed by atoms with E-state index in [0.29, 0.717) is 5.96 Å². The van der Waals surface area contributed by atoms with E-state index in [1.165, 1.54) is 0 Å². The van der Waals surface area contributed by atoms with E-state index in [0.717, 1.165) is 11.4 Å². The molecule has 0 aliphatic carbocycles. The summed E-state index contributed by atoms with van der Waals surface area (Å²) in [5, 5.41) is 0. The Hall–Kier alpha value is -1.75. The van der Waals surface area contributed by atoms with Gasteiger partial charge in [-0.25, -0.2) is 5.84 Å². The number of hydrogen-bond acceptors (Lipinski definition) is 3. The minimum absolute atomic E-state index is 0.597. The fourth-order valence-corrected chi connectivity index (χ4v) is 1.24. The Morgan fingerprint density at radius 3 is 2.40 bits per heavy atom. The van der Waals surface area contributed by atoms with Crippen molar-refractivity contribution in [1.82, 2.24) is 5.43 Å². The van der Waals surface area contributed by atoms with Crippen LogP contribution in [0.3, 0.4) is 0 Å². The Balaban J connectivity index is 2.86. The van der Waals surface area contributed by atoms with Crippen molar-refractivity contribution < 1.29 is 4.74 Å². The summed E-state index contributed by atoms with van der Waals surface area (Å²) < 4.78 is 5.07. The zero-order valence-electron chi connectivity index (χ0n) is 9.19. The van der Waals surface area contributed by atoms with Gasteiger partial charge in [0.25, 0.3) is 0 Å². The van der Waals surface area contributed by atoms with Crippen molar-refractivity contribution in [2.24, 2.45) is 10.8 Å². The number of anilines is 1. The van der Waals surface area contributed by atoms with Gasteiger partial charge in [0.1, 0.15) is 5.75 Å². The Kier molecular flexibility index (Phi) is 3.93. The zero-order valence-corrected chi connectivity index (χ0v) is 9.19. The molecule has 0 spiro atoms. The van der Waals surface area contributed by atoms with Crippen LogP contribution in [0.15, 0.2) is 29.3 Å². The number of aliphatic imine (C=N–C) groups is 1. The molecular formula is C10H16N4O. The van der Waals surface area contributed by atoms with Crippen LogP contribution in [-0.4, -0.2) is 27.2 Å². The van der Waals surface area contributed by atoms with E-state index in [4.69, 9.17) is 10.6 Å². The van der Waals surface area contributed by atoms with Crippen molar-refractivity contribution in [3.63, 3.8) is 0 Å². The molecule has 0 aromatic heterocycles. The first-order chi connectivity index (χ1) is 7.22. The van der Waals surface area contributed by atoms with Gasteiger partial charge in [-0.2, -0.15) is 0 Å². The van der Waals surface area contributed by atoms with Crippen molar-refractivity contribution in [3.05, 3.63) is 24.3 Å². The summed E-state index contributed by atoms with van der Waals surface area (Å²) in [5.74, 6) is 6.75. The van der Waals surface area contributed by atoms with E-state index in [2.05, 4.69) is 10.4 Å². The third-order valence-electron chi connectivity index (χ3n) is 2.12. The fraction of sp³-hybridized carbons (Fsp3) is 0.300. The van der Waals surface area contributed by atoms with Crippen LogP contribution in [0.5, 0.6) is 5.75 Å². The molecule has 0 fully saturated rings. The van der Waals surface area contributed by atoms with Gasteiger partial charge in [-0.1, -0.05) is 0 Å². The molecule has 15 heavy (non-hydrogen) atoms. The molecule has 1 rings (SSSR count). The van der Waals surface area contributed by atoms with Crippen molar-refractivity contribution in [1.29, 1.82) is 0 Å². The molecule has 1 aromatic rings. The van der Waals surface area contributed by atoms with Gasteiger partial charge in [0, 0.05) is 19.8 Å². The van der Waals surface area contributed by atoms with Gasteiger partial charge in [0.05, 0.1) is 7.11 Å². The second kappa shape index (κ2) is 5.21. The molecule has 0 aliphatic heterocycles. The van der Waals surface area contributed by atoms with Crippen LogP contribution < -0.4 is 20.9 Å². The predicted molar refractivity (Wildman–Crippen MR) is 62.1 cm³/mol. The molecule has 0 atom stereocenters. The zero-order chi connectivity index (χ0) is 11.3. The molecule has 5 heteroatoms. The lowest BCUT2D eigenvalue weighted by molar-refractivity contribution is 0.415. The topological polar surface area (TPSA) is 62.9 Å². The van der Waals surface area contributed by atoms with Crippen LogP contribution in [-0.2, 0) is 0 Å². The first-order valence-electron chi connectivity index (χ1n) is 4.54. The average Bonchev–Trinajstić information content (AvgIpc) is 2.30. The van der Waals surface area contributed by atoms with Gasteiger partial charge >= 0.3 is 0 Å². The van der Waals surface area contributed by atoms with Crippen LogP contribution >= 0.6 is 0 Å². The second-order valence-corrected chi connectivity index (χ2v) is 2.95. The normalized spacial score (nSPS) is 11.1. The molecule has 0 radical (unpaired) electrons. The Bertz CT molecular complexity index is 334. The maximum absolute atomic E-state index is 5.33. The summed E-state index contributed by atoms with van der Waals surface area (Å²) in [6, 6.07) is 7.63. The molecule has 0 amide bonds. The van der Waals surface area contributed by atoms with Crippen LogP contribution in [0.4, 0.5) is 5.69 Å². The van der Waals surface area contributed by atoms with Gasteiger partial charge < -0.3 is 9.64 Å². The SMILES string of the molecule is CN=C(NN)N(C)c1ccc(OC)cc1.